The molecule has 1 heterocycles. The number of ether oxygens (including phenoxy) is 1. The van der Waals surface area contributed by atoms with Crippen molar-refractivity contribution in [3.05, 3.63) is 27.5 Å². The van der Waals surface area contributed by atoms with E-state index in [1.54, 1.807) is 6.92 Å². The van der Waals surface area contributed by atoms with Gasteiger partial charge in [-0.2, -0.15) is 5.26 Å². The van der Waals surface area contributed by atoms with Gasteiger partial charge in [0.15, 0.2) is 6.10 Å². The molecular formula is C15H17N3O4S. The number of nitrogens with zero attached hydrogens (tertiary/aromatic N) is 1. The van der Waals surface area contributed by atoms with Gasteiger partial charge in [-0.1, -0.05) is 11.8 Å². The van der Waals surface area contributed by atoms with E-state index in [4.69, 9.17) is 10.00 Å². The second kappa shape index (κ2) is 7.33. The van der Waals surface area contributed by atoms with Gasteiger partial charge >= 0.3 is 5.97 Å². The van der Waals surface area contributed by atoms with Gasteiger partial charge in [0.05, 0.1) is 16.3 Å². The maximum absolute atomic E-state index is 11.8. The van der Waals surface area contributed by atoms with Crippen LogP contribution in [-0.4, -0.2) is 34.8 Å². The van der Waals surface area contributed by atoms with Gasteiger partial charge in [-0.3, -0.25) is 14.4 Å². The Morgan fingerprint density at radius 1 is 1.57 bits per heavy atom. The van der Waals surface area contributed by atoms with Crippen LogP contribution in [0.15, 0.2) is 15.9 Å². The van der Waals surface area contributed by atoms with Crippen LogP contribution in [0.2, 0.25) is 0 Å². The molecule has 1 aromatic rings. The van der Waals surface area contributed by atoms with Crippen molar-refractivity contribution in [2.45, 2.75) is 43.9 Å². The Bertz CT molecular complexity index is 718. The molecule has 0 aromatic carbocycles. The van der Waals surface area contributed by atoms with Crippen molar-refractivity contribution in [2.24, 2.45) is 0 Å². The summed E-state index contributed by atoms with van der Waals surface area (Å²) >= 11 is 1.00. The molecule has 1 fully saturated rings. The molecule has 1 saturated carbocycles. The highest BCUT2D eigenvalue weighted by Crippen LogP contribution is 2.21. The van der Waals surface area contributed by atoms with Gasteiger partial charge in [0, 0.05) is 12.1 Å². The monoisotopic (exact) mass is 335 g/mol. The molecule has 1 atom stereocenters. The summed E-state index contributed by atoms with van der Waals surface area (Å²) in [6.07, 6.45) is 1.05. The predicted octanol–water partition coefficient (Wildman–Crippen LogP) is 0.857. The Morgan fingerprint density at radius 2 is 2.26 bits per heavy atom. The van der Waals surface area contributed by atoms with Crippen LogP contribution in [0.4, 0.5) is 0 Å². The number of H-pyrrole nitrogens is 1. The van der Waals surface area contributed by atoms with Crippen LogP contribution in [0.1, 0.15) is 30.9 Å². The maximum atomic E-state index is 11.8. The molecule has 0 saturated heterocycles. The zero-order valence-corrected chi connectivity index (χ0v) is 13.7. The topological polar surface area (TPSA) is 112 Å². The second-order valence-corrected chi connectivity index (χ2v) is 6.32. The van der Waals surface area contributed by atoms with E-state index in [1.165, 1.54) is 13.0 Å². The fourth-order valence-electron chi connectivity index (χ4n) is 1.87. The van der Waals surface area contributed by atoms with E-state index in [-0.39, 0.29) is 23.3 Å². The first-order valence-corrected chi connectivity index (χ1v) is 8.16. The number of rotatable bonds is 6. The van der Waals surface area contributed by atoms with Crippen LogP contribution in [0, 0.1) is 18.3 Å². The number of pyridine rings is 1. The Hall–Kier alpha value is -2.27. The lowest BCUT2D eigenvalue weighted by atomic mass is 10.2. The molecule has 23 heavy (non-hydrogen) atoms. The van der Waals surface area contributed by atoms with E-state index in [0.29, 0.717) is 16.2 Å². The third kappa shape index (κ3) is 4.86. The van der Waals surface area contributed by atoms with Crippen LogP contribution in [-0.2, 0) is 14.3 Å². The number of aromatic nitrogens is 1. The minimum absolute atomic E-state index is 0.102. The standard InChI is InChI=1S/C15H17N3O4S/c1-8-5-12(19)18-15(11(8)6-16)23-7-13(20)22-9(2)14(21)17-10-3-4-10/h5,9-10H,3-4,7H2,1-2H3,(H,17,21)(H,18,19)/t9-/m1/s1. The molecule has 0 aliphatic heterocycles. The largest absolute Gasteiger partial charge is 0.452 e. The van der Waals surface area contributed by atoms with Gasteiger partial charge < -0.3 is 15.0 Å². The van der Waals surface area contributed by atoms with Crippen LogP contribution in [0.3, 0.4) is 0 Å². The summed E-state index contributed by atoms with van der Waals surface area (Å²) in [5.74, 6) is -0.998. The number of aryl methyl sites for hydroxylation is 1. The third-order valence-electron chi connectivity index (χ3n) is 3.25. The number of nitriles is 1. The van der Waals surface area contributed by atoms with Crippen molar-refractivity contribution in [2.75, 3.05) is 5.75 Å². The van der Waals surface area contributed by atoms with Gasteiger partial charge in [-0.15, -0.1) is 0 Å². The summed E-state index contributed by atoms with van der Waals surface area (Å²) in [5.41, 5.74) is 0.528. The van der Waals surface area contributed by atoms with Gasteiger partial charge in [0.25, 0.3) is 5.91 Å². The second-order valence-electron chi connectivity index (χ2n) is 5.34. The Labute approximate surface area is 137 Å². The van der Waals surface area contributed by atoms with E-state index in [0.717, 1.165) is 24.6 Å². The zero-order valence-electron chi connectivity index (χ0n) is 12.8. The van der Waals surface area contributed by atoms with Crippen molar-refractivity contribution in [3.8, 4) is 6.07 Å². The Balaban J connectivity index is 1.90. The Morgan fingerprint density at radius 3 is 2.87 bits per heavy atom. The zero-order chi connectivity index (χ0) is 17.0. The molecule has 122 valence electrons. The molecule has 8 heteroatoms. The number of amides is 1. The molecule has 0 spiro atoms. The number of carbonyl (C=O) groups excluding carboxylic acids is 2. The van der Waals surface area contributed by atoms with Gasteiger partial charge in [-0.25, -0.2) is 0 Å². The highest BCUT2D eigenvalue weighted by Gasteiger charge is 2.27. The number of aromatic amines is 1. The highest BCUT2D eigenvalue weighted by molar-refractivity contribution is 7.99. The molecular weight excluding hydrogens is 318 g/mol. The molecule has 1 aromatic heterocycles. The van der Waals surface area contributed by atoms with Crippen molar-refractivity contribution >= 4 is 23.6 Å². The van der Waals surface area contributed by atoms with E-state index in [1.807, 2.05) is 6.07 Å². The van der Waals surface area contributed by atoms with Crippen molar-refractivity contribution < 1.29 is 14.3 Å². The number of hydrogen-bond acceptors (Lipinski definition) is 6. The van der Waals surface area contributed by atoms with Crippen LogP contribution in [0.5, 0.6) is 0 Å². The lowest BCUT2D eigenvalue weighted by Crippen LogP contribution is -2.37. The van der Waals surface area contributed by atoms with Crippen molar-refractivity contribution in [1.29, 1.82) is 5.26 Å². The molecule has 1 amide bonds. The number of esters is 1. The summed E-state index contributed by atoms with van der Waals surface area (Å²) in [6.45, 7) is 3.16. The summed E-state index contributed by atoms with van der Waals surface area (Å²) < 4.78 is 5.05. The van der Waals surface area contributed by atoms with Crippen LogP contribution in [0.25, 0.3) is 0 Å². The first kappa shape index (κ1) is 17.1. The smallest absolute Gasteiger partial charge is 0.317 e. The number of carbonyl (C=O) groups is 2. The molecule has 1 aliphatic rings. The van der Waals surface area contributed by atoms with E-state index in [9.17, 15) is 14.4 Å². The summed E-state index contributed by atoms with van der Waals surface area (Å²) in [7, 11) is 0. The first-order valence-electron chi connectivity index (χ1n) is 7.17. The fourth-order valence-corrected chi connectivity index (χ4v) is 2.72. The average molecular weight is 335 g/mol. The summed E-state index contributed by atoms with van der Waals surface area (Å²) in [5, 5.41) is 12.2. The highest BCUT2D eigenvalue weighted by atomic mass is 32.2. The quantitative estimate of drug-likeness (QED) is 0.589. The average Bonchev–Trinajstić information content (AvgIpc) is 3.28. The third-order valence-corrected chi connectivity index (χ3v) is 4.23. The molecule has 0 unspecified atom stereocenters. The van der Waals surface area contributed by atoms with E-state index < -0.39 is 12.1 Å². The molecule has 7 nitrogen and oxygen atoms in total. The van der Waals surface area contributed by atoms with Gasteiger partial charge in [-0.05, 0) is 32.3 Å². The number of hydrogen-bond donors (Lipinski definition) is 2. The van der Waals surface area contributed by atoms with Crippen molar-refractivity contribution in [3.63, 3.8) is 0 Å². The van der Waals surface area contributed by atoms with Gasteiger partial charge in [0.2, 0.25) is 5.56 Å². The molecule has 0 bridgehead atoms. The van der Waals surface area contributed by atoms with Crippen molar-refractivity contribution in [1.82, 2.24) is 10.3 Å². The molecule has 2 N–H and O–H groups in total. The van der Waals surface area contributed by atoms with E-state index in [2.05, 4.69) is 10.3 Å². The molecule has 1 aliphatic carbocycles. The SMILES string of the molecule is Cc1cc(=O)[nH]c(SCC(=O)O[C@H](C)C(=O)NC2CC2)c1C#N. The fraction of sp³-hybridized carbons (Fsp3) is 0.467. The normalized spacial score (nSPS) is 14.7. The lowest BCUT2D eigenvalue weighted by molar-refractivity contribution is -0.152. The molecule has 2 rings (SSSR count). The van der Waals surface area contributed by atoms with Gasteiger partial charge in [0.1, 0.15) is 6.07 Å². The summed E-state index contributed by atoms with van der Waals surface area (Å²) in [4.78, 5) is 37.5. The van der Waals surface area contributed by atoms with Crippen LogP contribution >= 0.6 is 11.8 Å². The number of nitrogens with one attached hydrogen (secondary N) is 2. The van der Waals surface area contributed by atoms with Crippen LogP contribution < -0.4 is 10.9 Å². The number of thioether (sulfide) groups is 1. The minimum atomic E-state index is -0.865. The van der Waals surface area contributed by atoms with E-state index >= 15 is 0 Å². The maximum Gasteiger partial charge on any atom is 0.317 e. The Kier molecular flexibility index (Phi) is 5.45. The summed E-state index contributed by atoms with van der Waals surface area (Å²) in [6, 6.07) is 3.52. The molecule has 0 radical (unpaired) electrons. The minimum Gasteiger partial charge on any atom is -0.452 e. The first-order chi connectivity index (χ1) is 10.9. The predicted molar refractivity (Wildman–Crippen MR) is 84.0 cm³/mol. The lowest BCUT2D eigenvalue weighted by Gasteiger charge is -2.13.